The van der Waals surface area contributed by atoms with E-state index in [9.17, 15) is 19.7 Å². The molecular formula is C16H18N2O5. The molecule has 1 heterocycles. The fraction of sp³-hybridized carbons (Fsp3) is 0.500. The van der Waals surface area contributed by atoms with Crippen molar-refractivity contribution in [1.82, 2.24) is 4.90 Å². The molecule has 1 amide bonds. The molecule has 2 aliphatic rings. The molecule has 1 aliphatic heterocycles. The molecule has 0 spiro atoms. The van der Waals surface area contributed by atoms with Crippen molar-refractivity contribution >= 4 is 17.6 Å². The second-order valence-electron chi connectivity index (χ2n) is 5.91. The van der Waals surface area contributed by atoms with E-state index in [0.29, 0.717) is 0 Å². The molecule has 0 N–H and O–H groups in total. The second kappa shape index (κ2) is 5.98. The predicted molar refractivity (Wildman–Crippen MR) is 80.8 cm³/mol. The fourth-order valence-corrected chi connectivity index (χ4v) is 3.76. The molecule has 2 bridgehead atoms. The minimum absolute atomic E-state index is 0.0272. The molecule has 1 aliphatic carbocycles. The van der Waals surface area contributed by atoms with Crippen molar-refractivity contribution in [2.45, 2.75) is 38.3 Å². The van der Waals surface area contributed by atoms with Gasteiger partial charge in [-0.15, -0.1) is 0 Å². The predicted octanol–water partition coefficient (Wildman–Crippen LogP) is 2.15. The molecule has 3 unspecified atom stereocenters. The Hall–Kier alpha value is -2.44. The van der Waals surface area contributed by atoms with Gasteiger partial charge in [-0.3, -0.25) is 14.9 Å². The van der Waals surface area contributed by atoms with Gasteiger partial charge in [0, 0.05) is 12.1 Å². The number of esters is 1. The van der Waals surface area contributed by atoms with Crippen LogP contribution in [0.5, 0.6) is 0 Å². The number of hydrogen-bond donors (Lipinski definition) is 0. The first-order valence-corrected chi connectivity index (χ1v) is 7.77. The highest BCUT2D eigenvalue weighted by molar-refractivity contribution is 6.00. The zero-order valence-electron chi connectivity index (χ0n) is 12.8. The summed E-state index contributed by atoms with van der Waals surface area (Å²) in [5.41, 5.74) is -0.206. The number of carbonyl (C=O) groups is 2. The summed E-state index contributed by atoms with van der Waals surface area (Å²) in [6.07, 6.45) is 2.47. The van der Waals surface area contributed by atoms with Crippen LogP contribution >= 0.6 is 0 Å². The number of amides is 1. The quantitative estimate of drug-likeness (QED) is 0.482. The van der Waals surface area contributed by atoms with Gasteiger partial charge in [-0.05, 0) is 38.2 Å². The van der Waals surface area contributed by atoms with Gasteiger partial charge in [-0.2, -0.15) is 0 Å². The molecule has 3 rings (SSSR count). The lowest BCUT2D eigenvalue weighted by Crippen LogP contribution is -2.49. The number of nitro benzene ring substituents is 1. The highest BCUT2D eigenvalue weighted by Crippen LogP contribution is 2.44. The van der Waals surface area contributed by atoms with Crippen LogP contribution in [0.3, 0.4) is 0 Å². The number of rotatable bonds is 4. The smallest absolute Gasteiger partial charge is 0.329 e. The van der Waals surface area contributed by atoms with Gasteiger partial charge in [0.2, 0.25) is 0 Å². The number of carbonyl (C=O) groups excluding carboxylic acids is 2. The van der Waals surface area contributed by atoms with E-state index in [-0.39, 0.29) is 29.8 Å². The van der Waals surface area contributed by atoms with Gasteiger partial charge in [-0.1, -0.05) is 12.1 Å². The molecule has 7 nitrogen and oxygen atoms in total. The summed E-state index contributed by atoms with van der Waals surface area (Å²) < 4.78 is 5.11. The van der Waals surface area contributed by atoms with Gasteiger partial charge in [0.15, 0.2) is 0 Å². The minimum atomic E-state index is -0.624. The van der Waals surface area contributed by atoms with E-state index in [4.69, 9.17) is 4.74 Å². The lowest BCUT2D eigenvalue weighted by atomic mass is 9.98. The highest BCUT2D eigenvalue weighted by Gasteiger charge is 2.52. The minimum Gasteiger partial charge on any atom is -0.464 e. The molecular weight excluding hydrogens is 300 g/mol. The molecule has 122 valence electrons. The van der Waals surface area contributed by atoms with E-state index in [1.807, 2.05) is 0 Å². The Balaban J connectivity index is 1.94. The molecule has 1 aromatic rings. The van der Waals surface area contributed by atoms with E-state index >= 15 is 0 Å². The molecule has 2 fully saturated rings. The monoisotopic (exact) mass is 318 g/mol. The normalized spacial score (nSPS) is 25.4. The first-order chi connectivity index (χ1) is 11.0. The van der Waals surface area contributed by atoms with E-state index < -0.39 is 22.8 Å². The first-order valence-electron chi connectivity index (χ1n) is 7.77. The van der Waals surface area contributed by atoms with Crippen LogP contribution in [0.15, 0.2) is 24.3 Å². The lowest BCUT2D eigenvalue weighted by molar-refractivity contribution is -0.385. The summed E-state index contributed by atoms with van der Waals surface area (Å²) in [6.45, 7) is 1.97. The average molecular weight is 318 g/mol. The Morgan fingerprint density at radius 2 is 2.09 bits per heavy atom. The molecule has 0 radical (unpaired) electrons. The van der Waals surface area contributed by atoms with Gasteiger partial charge in [0.1, 0.15) is 11.6 Å². The first kappa shape index (κ1) is 15.5. The average Bonchev–Trinajstić information content (AvgIpc) is 3.15. The zero-order chi connectivity index (χ0) is 16.6. The molecule has 23 heavy (non-hydrogen) atoms. The van der Waals surface area contributed by atoms with Gasteiger partial charge in [0.25, 0.3) is 11.6 Å². The lowest BCUT2D eigenvalue weighted by Gasteiger charge is -2.33. The van der Waals surface area contributed by atoms with Crippen molar-refractivity contribution in [3.8, 4) is 0 Å². The number of nitrogens with zero attached hydrogens (tertiary/aromatic N) is 2. The maximum Gasteiger partial charge on any atom is 0.329 e. The maximum atomic E-state index is 12.9. The number of para-hydroxylation sites is 1. The van der Waals surface area contributed by atoms with Gasteiger partial charge >= 0.3 is 5.97 Å². The number of fused-ring (bicyclic) bond motifs is 2. The van der Waals surface area contributed by atoms with E-state index in [2.05, 4.69) is 0 Å². The van der Waals surface area contributed by atoms with Crippen molar-refractivity contribution in [3.05, 3.63) is 39.9 Å². The van der Waals surface area contributed by atoms with Gasteiger partial charge in [0.05, 0.1) is 11.5 Å². The van der Waals surface area contributed by atoms with Crippen molar-refractivity contribution in [2.24, 2.45) is 5.92 Å². The van der Waals surface area contributed by atoms with Crippen LogP contribution in [-0.2, 0) is 9.53 Å². The summed E-state index contributed by atoms with van der Waals surface area (Å²) in [5.74, 6) is -0.778. The van der Waals surface area contributed by atoms with E-state index in [0.717, 1.165) is 19.3 Å². The fourth-order valence-electron chi connectivity index (χ4n) is 3.76. The van der Waals surface area contributed by atoms with Crippen molar-refractivity contribution in [1.29, 1.82) is 0 Å². The number of benzene rings is 1. The molecule has 1 aromatic carbocycles. The topological polar surface area (TPSA) is 89.8 Å². The van der Waals surface area contributed by atoms with Gasteiger partial charge in [-0.25, -0.2) is 4.79 Å². The number of hydrogen-bond acceptors (Lipinski definition) is 5. The van der Waals surface area contributed by atoms with Crippen LogP contribution in [0.1, 0.15) is 36.5 Å². The number of ether oxygens (including phenoxy) is 1. The van der Waals surface area contributed by atoms with Crippen LogP contribution in [0, 0.1) is 16.0 Å². The summed E-state index contributed by atoms with van der Waals surface area (Å²) in [7, 11) is 0. The third-order valence-corrected chi connectivity index (χ3v) is 4.68. The van der Waals surface area contributed by atoms with Crippen molar-refractivity contribution < 1.29 is 19.2 Å². The van der Waals surface area contributed by atoms with Crippen LogP contribution in [0.2, 0.25) is 0 Å². The Kier molecular flexibility index (Phi) is 4.02. The zero-order valence-corrected chi connectivity index (χ0v) is 12.8. The van der Waals surface area contributed by atoms with E-state index in [1.165, 1.54) is 23.1 Å². The van der Waals surface area contributed by atoms with Crippen LogP contribution in [0.25, 0.3) is 0 Å². The largest absolute Gasteiger partial charge is 0.464 e. The molecule has 1 saturated heterocycles. The SMILES string of the molecule is CCOC(=O)C1C2CCC(C2)N1C(=O)c1ccccc1[N+](=O)[O-]. The third kappa shape index (κ3) is 2.56. The number of nitro groups is 1. The van der Waals surface area contributed by atoms with Crippen molar-refractivity contribution in [3.63, 3.8) is 0 Å². The second-order valence-corrected chi connectivity index (χ2v) is 5.91. The highest BCUT2D eigenvalue weighted by atomic mass is 16.6. The molecule has 3 atom stereocenters. The summed E-state index contributed by atoms with van der Waals surface area (Å²) in [4.78, 5) is 37.2. The van der Waals surface area contributed by atoms with Crippen molar-refractivity contribution in [2.75, 3.05) is 6.61 Å². The summed E-state index contributed by atoms with van der Waals surface area (Å²) >= 11 is 0. The van der Waals surface area contributed by atoms with Crippen LogP contribution in [0.4, 0.5) is 5.69 Å². The summed E-state index contributed by atoms with van der Waals surface area (Å²) in [6, 6.07) is 5.19. The molecule has 0 aromatic heterocycles. The molecule has 7 heteroatoms. The molecule has 1 saturated carbocycles. The summed E-state index contributed by atoms with van der Waals surface area (Å²) in [5, 5.41) is 11.2. The maximum absolute atomic E-state index is 12.9. The van der Waals surface area contributed by atoms with Crippen LogP contribution < -0.4 is 0 Å². The van der Waals surface area contributed by atoms with Gasteiger partial charge < -0.3 is 9.64 Å². The van der Waals surface area contributed by atoms with E-state index in [1.54, 1.807) is 13.0 Å². The van der Waals surface area contributed by atoms with Crippen LogP contribution in [-0.4, -0.2) is 40.4 Å². The Labute approximate surface area is 133 Å². The third-order valence-electron chi connectivity index (χ3n) is 4.68. The Morgan fingerprint density at radius 1 is 1.35 bits per heavy atom. The Morgan fingerprint density at radius 3 is 2.78 bits per heavy atom. The Bertz CT molecular complexity index is 660. The number of likely N-dealkylation sites (tertiary alicyclic amines) is 1. The number of piperidine rings is 1. The standard InChI is InChI=1S/C16H18N2O5/c1-2-23-16(20)14-10-7-8-11(9-10)17(14)15(19)12-5-3-4-6-13(12)18(21)22/h3-6,10-11,14H,2,7-9H2,1H3.